The van der Waals surface area contributed by atoms with E-state index in [1.54, 1.807) is 0 Å². The lowest BCUT2D eigenvalue weighted by Gasteiger charge is -2.33. The van der Waals surface area contributed by atoms with Crippen molar-refractivity contribution in [2.75, 3.05) is 13.2 Å². The molecule has 1 saturated carbocycles. The quantitative estimate of drug-likeness (QED) is 0.675. The predicted molar refractivity (Wildman–Crippen MR) is 44.7 cm³/mol. The minimum atomic E-state index is -0.403. The monoisotopic (exact) mass is 169 g/mol. The van der Waals surface area contributed by atoms with Crippen molar-refractivity contribution < 1.29 is 9.53 Å². The number of fused-ring (bicyclic) bond motifs is 1. The Hall–Kier alpha value is -0.570. The molecule has 0 aromatic carbocycles. The zero-order valence-corrected chi connectivity index (χ0v) is 7.43. The van der Waals surface area contributed by atoms with Gasteiger partial charge in [-0.2, -0.15) is 0 Å². The van der Waals surface area contributed by atoms with Crippen molar-refractivity contribution in [3.63, 3.8) is 0 Å². The fourth-order valence-electron chi connectivity index (χ4n) is 2.04. The molecule has 1 aliphatic carbocycles. The van der Waals surface area contributed by atoms with Crippen LogP contribution in [0, 0.1) is 5.92 Å². The van der Waals surface area contributed by atoms with E-state index in [9.17, 15) is 4.79 Å². The third kappa shape index (κ3) is 1.04. The number of ether oxygens (including phenoxy) is 1. The second-order valence-electron chi connectivity index (χ2n) is 3.84. The average Bonchev–Trinajstić information content (AvgIpc) is 2.56. The largest absolute Gasteiger partial charge is 0.365 e. The van der Waals surface area contributed by atoms with Gasteiger partial charge in [-0.15, -0.1) is 0 Å². The maximum Gasteiger partial charge on any atom is 0.252 e. The van der Waals surface area contributed by atoms with Crippen molar-refractivity contribution in [2.45, 2.75) is 31.8 Å². The van der Waals surface area contributed by atoms with E-state index in [-0.39, 0.29) is 5.91 Å². The molecule has 2 bridgehead atoms. The summed E-state index contributed by atoms with van der Waals surface area (Å²) in [5, 5.41) is 2.89. The Morgan fingerprint density at radius 2 is 2.42 bits per heavy atom. The van der Waals surface area contributed by atoms with Crippen LogP contribution in [0.5, 0.6) is 0 Å². The fraction of sp³-hybridized carbons (Fsp3) is 0.889. The number of carbonyl (C=O) groups excluding carboxylic acids is 1. The van der Waals surface area contributed by atoms with Crippen LogP contribution < -0.4 is 5.32 Å². The summed E-state index contributed by atoms with van der Waals surface area (Å²) in [6.07, 6.45) is 2.89. The fourth-order valence-corrected chi connectivity index (χ4v) is 2.04. The molecule has 0 aromatic rings. The van der Waals surface area contributed by atoms with Crippen LogP contribution in [0.2, 0.25) is 0 Å². The van der Waals surface area contributed by atoms with Crippen molar-refractivity contribution in [1.29, 1.82) is 0 Å². The Morgan fingerprint density at radius 3 is 2.92 bits per heavy atom. The van der Waals surface area contributed by atoms with Crippen molar-refractivity contribution in [3.8, 4) is 0 Å². The molecule has 0 spiro atoms. The van der Waals surface area contributed by atoms with E-state index in [4.69, 9.17) is 4.74 Å². The third-order valence-electron chi connectivity index (χ3n) is 2.78. The summed E-state index contributed by atoms with van der Waals surface area (Å²) >= 11 is 0. The number of carbonyl (C=O) groups is 1. The summed E-state index contributed by atoms with van der Waals surface area (Å²) in [6.45, 7) is 3.62. The molecule has 2 heterocycles. The molecule has 3 fully saturated rings. The van der Waals surface area contributed by atoms with Gasteiger partial charge in [0.2, 0.25) is 0 Å². The van der Waals surface area contributed by atoms with Gasteiger partial charge in [0, 0.05) is 6.54 Å². The SMILES string of the molecule is CCCNC(=O)C12CC(CO1)C2. The molecule has 68 valence electrons. The van der Waals surface area contributed by atoms with Crippen molar-refractivity contribution in [1.82, 2.24) is 5.32 Å². The predicted octanol–water partition coefficient (Wildman–Crippen LogP) is 0.692. The lowest BCUT2D eigenvalue weighted by atomic mass is 9.74. The molecule has 1 N–H and O–H groups in total. The summed E-state index contributed by atoms with van der Waals surface area (Å²) in [4.78, 5) is 11.5. The van der Waals surface area contributed by atoms with Crippen LogP contribution in [-0.2, 0) is 9.53 Å². The van der Waals surface area contributed by atoms with Gasteiger partial charge in [0.15, 0.2) is 0 Å². The van der Waals surface area contributed by atoms with Gasteiger partial charge in [0.25, 0.3) is 5.91 Å². The molecule has 12 heavy (non-hydrogen) atoms. The van der Waals surface area contributed by atoms with Crippen LogP contribution in [0.4, 0.5) is 0 Å². The van der Waals surface area contributed by atoms with E-state index >= 15 is 0 Å². The Bertz CT molecular complexity index is 191. The highest BCUT2D eigenvalue weighted by molar-refractivity contribution is 5.86. The maximum atomic E-state index is 11.5. The Morgan fingerprint density at radius 1 is 1.67 bits per heavy atom. The van der Waals surface area contributed by atoms with E-state index in [0.717, 1.165) is 32.4 Å². The second-order valence-corrected chi connectivity index (χ2v) is 3.84. The van der Waals surface area contributed by atoms with Crippen molar-refractivity contribution in [2.24, 2.45) is 5.92 Å². The van der Waals surface area contributed by atoms with Crippen molar-refractivity contribution >= 4 is 5.91 Å². The van der Waals surface area contributed by atoms with Gasteiger partial charge in [-0.3, -0.25) is 4.79 Å². The molecule has 0 unspecified atom stereocenters. The smallest absolute Gasteiger partial charge is 0.252 e. The number of amides is 1. The zero-order chi connectivity index (χ0) is 8.60. The van der Waals surface area contributed by atoms with Crippen LogP contribution in [0.1, 0.15) is 26.2 Å². The summed E-state index contributed by atoms with van der Waals surface area (Å²) in [5.74, 6) is 0.774. The summed E-state index contributed by atoms with van der Waals surface area (Å²) in [7, 11) is 0. The van der Waals surface area contributed by atoms with Crippen molar-refractivity contribution in [3.05, 3.63) is 0 Å². The van der Waals surface area contributed by atoms with E-state index in [1.165, 1.54) is 0 Å². The van der Waals surface area contributed by atoms with Gasteiger partial charge < -0.3 is 10.1 Å². The molecule has 1 amide bonds. The molecule has 0 atom stereocenters. The first kappa shape index (κ1) is 8.05. The molecule has 2 saturated heterocycles. The molecular formula is C9H15NO2. The molecule has 3 aliphatic rings. The molecule has 3 rings (SSSR count). The Kier molecular flexibility index (Phi) is 1.83. The minimum Gasteiger partial charge on any atom is -0.365 e. The van der Waals surface area contributed by atoms with E-state index < -0.39 is 5.60 Å². The van der Waals surface area contributed by atoms with Crippen LogP contribution >= 0.6 is 0 Å². The van der Waals surface area contributed by atoms with Crippen LogP contribution in [-0.4, -0.2) is 24.7 Å². The number of nitrogens with one attached hydrogen (secondary N) is 1. The topological polar surface area (TPSA) is 38.3 Å². The number of rotatable bonds is 3. The highest BCUT2D eigenvalue weighted by atomic mass is 16.5. The van der Waals surface area contributed by atoms with Crippen LogP contribution in [0.3, 0.4) is 0 Å². The van der Waals surface area contributed by atoms with Crippen LogP contribution in [0.25, 0.3) is 0 Å². The Balaban J connectivity index is 1.87. The molecular weight excluding hydrogens is 154 g/mol. The highest BCUT2D eigenvalue weighted by Gasteiger charge is 2.56. The highest BCUT2D eigenvalue weighted by Crippen LogP contribution is 2.48. The average molecular weight is 169 g/mol. The van der Waals surface area contributed by atoms with E-state index in [2.05, 4.69) is 12.2 Å². The van der Waals surface area contributed by atoms with Gasteiger partial charge >= 0.3 is 0 Å². The molecule has 2 aliphatic heterocycles. The number of hydrogen-bond donors (Lipinski definition) is 1. The standard InChI is InChI=1S/C9H15NO2/c1-2-3-10-8(11)9-4-7(5-9)6-12-9/h7H,2-6H2,1H3,(H,10,11). The van der Waals surface area contributed by atoms with Crippen LogP contribution in [0.15, 0.2) is 0 Å². The summed E-state index contributed by atoms with van der Waals surface area (Å²) in [5.41, 5.74) is -0.403. The maximum absolute atomic E-state index is 11.5. The van der Waals surface area contributed by atoms with E-state index in [1.807, 2.05) is 0 Å². The van der Waals surface area contributed by atoms with E-state index in [0.29, 0.717) is 5.92 Å². The minimum absolute atomic E-state index is 0.109. The second kappa shape index (κ2) is 2.73. The van der Waals surface area contributed by atoms with Gasteiger partial charge in [0.05, 0.1) is 6.61 Å². The lowest BCUT2D eigenvalue weighted by Crippen LogP contribution is -2.51. The van der Waals surface area contributed by atoms with Gasteiger partial charge in [-0.25, -0.2) is 0 Å². The third-order valence-corrected chi connectivity index (χ3v) is 2.78. The summed E-state index contributed by atoms with van der Waals surface area (Å²) in [6, 6.07) is 0. The van der Waals surface area contributed by atoms with Gasteiger partial charge in [-0.05, 0) is 25.2 Å². The summed E-state index contributed by atoms with van der Waals surface area (Å²) < 4.78 is 5.46. The first-order valence-electron chi connectivity index (χ1n) is 4.69. The molecule has 0 aromatic heterocycles. The zero-order valence-electron chi connectivity index (χ0n) is 7.43. The van der Waals surface area contributed by atoms with Gasteiger partial charge in [0.1, 0.15) is 5.60 Å². The number of hydrogen-bond acceptors (Lipinski definition) is 2. The molecule has 3 nitrogen and oxygen atoms in total. The molecule has 0 radical (unpaired) electrons. The molecule has 3 heteroatoms. The first-order valence-corrected chi connectivity index (χ1v) is 4.69. The lowest BCUT2D eigenvalue weighted by molar-refractivity contribution is -0.143. The first-order chi connectivity index (χ1) is 5.77. The Labute approximate surface area is 72.5 Å². The van der Waals surface area contributed by atoms with Gasteiger partial charge in [-0.1, -0.05) is 6.92 Å². The normalized spacial score (nSPS) is 37.6.